The lowest BCUT2D eigenvalue weighted by atomic mass is 10.1. The molecular weight excluding hydrogens is 260 g/mol. The van der Waals surface area contributed by atoms with Gasteiger partial charge >= 0.3 is 0 Å². The summed E-state index contributed by atoms with van der Waals surface area (Å²) >= 11 is 1.56. The van der Waals surface area contributed by atoms with E-state index in [1.165, 1.54) is 0 Å². The molecule has 0 unspecified atom stereocenters. The van der Waals surface area contributed by atoms with Gasteiger partial charge in [-0.3, -0.25) is 0 Å². The van der Waals surface area contributed by atoms with Gasteiger partial charge in [-0.1, -0.05) is 13.8 Å². The summed E-state index contributed by atoms with van der Waals surface area (Å²) in [5.74, 6) is 1.13. The first-order valence-electron chi connectivity index (χ1n) is 6.59. The van der Waals surface area contributed by atoms with Gasteiger partial charge in [0, 0.05) is 12.6 Å². The van der Waals surface area contributed by atoms with Gasteiger partial charge in [-0.2, -0.15) is 4.98 Å². The summed E-state index contributed by atoms with van der Waals surface area (Å²) in [6.07, 6.45) is 2.01. The van der Waals surface area contributed by atoms with Crippen LogP contribution in [-0.4, -0.2) is 34.3 Å². The first-order chi connectivity index (χ1) is 9.21. The number of rotatable bonds is 6. The summed E-state index contributed by atoms with van der Waals surface area (Å²) in [5.41, 5.74) is 5.80. The Balaban J connectivity index is 2.51. The van der Waals surface area contributed by atoms with E-state index in [0.29, 0.717) is 18.5 Å². The molecule has 2 aromatic rings. The Labute approximate surface area is 117 Å². The van der Waals surface area contributed by atoms with Crippen LogP contribution in [-0.2, 0) is 0 Å². The Morgan fingerprint density at radius 2 is 2.11 bits per heavy atom. The van der Waals surface area contributed by atoms with Crippen LogP contribution >= 0.6 is 11.3 Å². The van der Waals surface area contributed by atoms with Gasteiger partial charge in [-0.25, -0.2) is 4.98 Å². The highest BCUT2D eigenvalue weighted by atomic mass is 32.1. The van der Waals surface area contributed by atoms with Crippen molar-refractivity contribution in [3.8, 4) is 0 Å². The Morgan fingerprint density at radius 1 is 1.37 bits per heavy atom. The van der Waals surface area contributed by atoms with Crippen LogP contribution in [0.3, 0.4) is 0 Å². The fraction of sp³-hybridized carbons (Fsp3) is 0.538. The largest absolute Gasteiger partial charge is 0.395 e. The normalized spacial score (nSPS) is 11.4. The molecule has 2 rings (SSSR count). The second-order valence-electron chi connectivity index (χ2n) is 4.43. The molecule has 3 N–H and O–H groups in total. The number of hydrogen-bond acceptors (Lipinski definition) is 6. The summed E-state index contributed by atoms with van der Waals surface area (Å²) in [5, 5.41) is 12.3. The molecule has 104 valence electrons. The summed E-state index contributed by atoms with van der Waals surface area (Å²) in [7, 11) is 0. The van der Waals surface area contributed by atoms with Crippen molar-refractivity contribution in [1.82, 2.24) is 9.97 Å². The number of fused-ring (bicyclic) bond motifs is 1. The van der Waals surface area contributed by atoms with Gasteiger partial charge in [0.2, 0.25) is 5.95 Å². The van der Waals surface area contributed by atoms with E-state index in [1.807, 2.05) is 11.4 Å². The van der Waals surface area contributed by atoms with Crippen molar-refractivity contribution >= 4 is 33.3 Å². The van der Waals surface area contributed by atoms with Crippen LogP contribution in [0.5, 0.6) is 0 Å². The zero-order valence-electron chi connectivity index (χ0n) is 11.3. The van der Waals surface area contributed by atoms with E-state index in [9.17, 15) is 5.11 Å². The zero-order valence-corrected chi connectivity index (χ0v) is 12.2. The lowest BCUT2D eigenvalue weighted by Gasteiger charge is -2.31. The lowest BCUT2D eigenvalue weighted by molar-refractivity contribution is 0.295. The third-order valence-electron chi connectivity index (χ3n) is 3.32. The van der Waals surface area contributed by atoms with E-state index in [2.05, 4.69) is 28.7 Å². The molecule has 0 aliphatic heterocycles. The van der Waals surface area contributed by atoms with Gasteiger partial charge in [0.1, 0.15) is 10.6 Å². The number of aromatic nitrogens is 2. The Morgan fingerprint density at radius 3 is 2.74 bits per heavy atom. The number of aliphatic hydroxyl groups is 1. The van der Waals surface area contributed by atoms with E-state index in [-0.39, 0.29) is 6.61 Å². The Bertz CT molecular complexity index is 538. The summed E-state index contributed by atoms with van der Waals surface area (Å²) < 4.78 is 0. The highest BCUT2D eigenvalue weighted by molar-refractivity contribution is 7.16. The average Bonchev–Trinajstić information content (AvgIpc) is 2.86. The minimum atomic E-state index is 0.103. The minimum absolute atomic E-state index is 0.103. The number of nitrogens with two attached hydrogens (primary N) is 1. The van der Waals surface area contributed by atoms with Gasteiger partial charge < -0.3 is 15.7 Å². The molecule has 19 heavy (non-hydrogen) atoms. The highest BCUT2D eigenvalue weighted by Gasteiger charge is 2.20. The molecular formula is C13H20N4OS. The molecule has 2 heterocycles. The van der Waals surface area contributed by atoms with Gasteiger partial charge in [0.25, 0.3) is 0 Å². The fourth-order valence-electron chi connectivity index (χ4n) is 2.37. The van der Waals surface area contributed by atoms with E-state index >= 15 is 0 Å². The van der Waals surface area contributed by atoms with Crippen LogP contribution in [0.2, 0.25) is 0 Å². The molecule has 0 atom stereocenters. The van der Waals surface area contributed by atoms with E-state index in [0.717, 1.165) is 28.9 Å². The predicted octanol–water partition coefficient (Wildman–Crippen LogP) is 2.26. The number of anilines is 2. The van der Waals surface area contributed by atoms with Crippen molar-refractivity contribution in [2.24, 2.45) is 0 Å². The molecule has 0 saturated carbocycles. The molecule has 0 spiro atoms. The van der Waals surface area contributed by atoms with E-state index < -0.39 is 0 Å². The van der Waals surface area contributed by atoms with Gasteiger partial charge in [0.05, 0.1) is 12.0 Å². The second-order valence-corrected chi connectivity index (χ2v) is 5.33. The van der Waals surface area contributed by atoms with Gasteiger partial charge in [-0.05, 0) is 24.3 Å². The van der Waals surface area contributed by atoms with Gasteiger partial charge in [-0.15, -0.1) is 11.3 Å². The van der Waals surface area contributed by atoms with Crippen LogP contribution in [0.15, 0.2) is 11.4 Å². The molecule has 2 aromatic heterocycles. The maximum absolute atomic E-state index is 9.32. The molecule has 0 aromatic carbocycles. The third-order valence-corrected chi connectivity index (χ3v) is 4.13. The predicted molar refractivity (Wildman–Crippen MR) is 80.6 cm³/mol. The number of nitrogens with zero attached hydrogens (tertiary/aromatic N) is 3. The summed E-state index contributed by atoms with van der Waals surface area (Å²) in [6.45, 7) is 4.96. The molecule has 0 radical (unpaired) electrons. The molecule has 0 aliphatic rings. The maximum atomic E-state index is 9.32. The number of nitrogen functional groups attached to an aromatic ring is 1. The quantitative estimate of drug-likeness (QED) is 0.849. The first-order valence-corrected chi connectivity index (χ1v) is 7.47. The molecule has 0 bridgehead atoms. The molecule has 0 saturated heterocycles. The van der Waals surface area contributed by atoms with Crippen molar-refractivity contribution in [3.05, 3.63) is 11.4 Å². The van der Waals surface area contributed by atoms with Crippen LogP contribution in [0.1, 0.15) is 26.7 Å². The smallest absolute Gasteiger partial charge is 0.223 e. The molecule has 6 heteroatoms. The maximum Gasteiger partial charge on any atom is 0.223 e. The van der Waals surface area contributed by atoms with E-state index in [4.69, 9.17) is 5.73 Å². The monoisotopic (exact) mass is 280 g/mol. The fourth-order valence-corrected chi connectivity index (χ4v) is 3.14. The topological polar surface area (TPSA) is 75.3 Å². The number of hydrogen-bond donors (Lipinski definition) is 2. The number of thiophene rings is 1. The van der Waals surface area contributed by atoms with Crippen molar-refractivity contribution in [1.29, 1.82) is 0 Å². The molecule has 0 fully saturated rings. The highest BCUT2D eigenvalue weighted by Crippen LogP contribution is 2.30. The second kappa shape index (κ2) is 6.16. The molecule has 0 amide bonds. The van der Waals surface area contributed by atoms with Crippen molar-refractivity contribution in [2.45, 2.75) is 32.7 Å². The minimum Gasteiger partial charge on any atom is -0.395 e. The molecule has 0 aliphatic carbocycles. The van der Waals surface area contributed by atoms with Gasteiger partial charge in [0.15, 0.2) is 0 Å². The zero-order chi connectivity index (χ0) is 13.8. The van der Waals surface area contributed by atoms with Crippen LogP contribution in [0, 0.1) is 0 Å². The standard InChI is InChI=1S/C13H20N4OS/c1-3-9(4-2)17(6-7-18)11-10-5-8-19-12(10)16-13(14)15-11/h5,8-9,18H,3-4,6-7H2,1-2H3,(H2,14,15,16). The van der Waals surface area contributed by atoms with Crippen LogP contribution in [0.25, 0.3) is 10.2 Å². The van der Waals surface area contributed by atoms with Crippen molar-refractivity contribution in [2.75, 3.05) is 23.8 Å². The van der Waals surface area contributed by atoms with Crippen LogP contribution in [0.4, 0.5) is 11.8 Å². The summed E-state index contributed by atoms with van der Waals surface area (Å²) in [6, 6.07) is 2.37. The molecule has 5 nitrogen and oxygen atoms in total. The Kier molecular flexibility index (Phi) is 4.55. The average molecular weight is 280 g/mol. The summed E-state index contributed by atoms with van der Waals surface area (Å²) in [4.78, 5) is 11.7. The van der Waals surface area contributed by atoms with Crippen molar-refractivity contribution in [3.63, 3.8) is 0 Å². The Hall–Kier alpha value is -1.40. The lowest BCUT2D eigenvalue weighted by Crippen LogP contribution is -2.37. The number of aliphatic hydroxyl groups excluding tert-OH is 1. The SMILES string of the molecule is CCC(CC)N(CCO)c1nc(N)nc2sccc12. The first kappa shape index (κ1) is 14.0. The van der Waals surface area contributed by atoms with Crippen LogP contribution < -0.4 is 10.6 Å². The van der Waals surface area contributed by atoms with E-state index in [1.54, 1.807) is 11.3 Å². The third kappa shape index (κ3) is 2.79. The van der Waals surface area contributed by atoms with Crippen molar-refractivity contribution < 1.29 is 5.11 Å².